The quantitative estimate of drug-likeness (QED) is 0.201. The zero-order chi connectivity index (χ0) is 33.3. The first kappa shape index (κ1) is 31.9. The van der Waals surface area contributed by atoms with Crippen molar-refractivity contribution in [1.29, 1.82) is 5.26 Å². The van der Waals surface area contributed by atoms with Crippen LogP contribution in [0.15, 0.2) is 35.4 Å². The number of aromatic nitrogens is 2. The number of benzene rings is 2. The Labute approximate surface area is 285 Å². The maximum Gasteiger partial charge on any atom is 0.410 e. The number of carboxylic acid groups (broad SMARTS) is 1. The summed E-state index contributed by atoms with van der Waals surface area (Å²) < 4.78 is 24.5. The second-order valence-corrected chi connectivity index (χ2v) is 14.1. The van der Waals surface area contributed by atoms with Crippen LogP contribution in [0.5, 0.6) is 0 Å². The van der Waals surface area contributed by atoms with Crippen molar-refractivity contribution in [2.75, 3.05) is 19.9 Å². The summed E-state index contributed by atoms with van der Waals surface area (Å²) in [6.07, 6.45) is 3.09. The lowest BCUT2D eigenvalue weighted by atomic mass is 9.79. The lowest BCUT2D eigenvalue weighted by Crippen LogP contribution is -2.43. The minimum Gasteiger partial charge on any atom is -0.465 e. The molecule has 4 fully saturated rings. The highest BCUT2D eigenvalue weighted by atomic mass is 35.5. The van der Waals surface area contributed by atoms with E-state index in [9.17, 15) is 20.0 Å². The van der Waals surface area contributed by atoms with E-state index in [-0.39, 0.29) is 64.1 Å². The average Bonchev–Trinajstić information content (AvgIpc) is 3.83. The van der Waals surface area contributed by atoms with Crippen LogP contribution in [0.3, 0.4) is 0 Å². The third-order valence-corrected chi connectivity index (χ3v) is 11.7. The van der Waals surface area contributed by atoms with Gasteiger partial charge in [0.2, 0.25) is 0 Å². The van der Waals surface area contributed by atoms with Gasteiger partial charge in [-0.3, -0.25) is 4.90 Å². The van der Waals surface area contributed by atoms with Gasteiger partial charge in [0, 0.05) is 52.5 Å². The molecule has 47 heavy (non-hydrogen) atoms. The molecule has 2 amide bonds. The van der Waals surface area contributed by atoms with E-state index in [4.69, 9.17) is 32.9 Å². The SMILES string of the molecule is COC(=O)N1[C@H](C)CC[C@@H]1c1cc2c(SC)nc3c(F)c(-c4cccc(Cl)c4Cl)c(CCC#N)cc3c2n1[C@H]1[C@@H]2C[C@H]1N(C(=O)O)C2. The Morgan fingerprint density at radius 3 is 2.70 bits per heavy atom. The van der Waals surface area contributed by atoms with Crippen LogP contribution in [0.1, 0.15) is 55.9 Å². The lowest BCUT2D eigenvalue weighted by Gasteiger charge is -2.40. The Bertz CT molecular complexity index is 2010. The zero-order valence-corrected chi connectivity index (χ0v) is 28.3. The highest BCUT2D eigenvalue weighted by molar-refractivity contribution is 7.98. The van der Waals surface area contributed by atoms with E-state index in [1.807, 2.05) is 25.3 Å². The summed E-state index contributed by atoms with van der Waals surface area (Å²) >= 11 is 14.4. The maximum atomic E-state index is 17.1. The standard InChI is InChI=1S/C34H32Cl2FN5O4S/c1-16-9-10-23(41(16)34(45)46-2)24-14-21-31(42(24)30-18-13-25(30)40(15-18)33(43)44)20-12-17(6-5-11-38)26(19-7-4-8-22(35)27(19)36)28(37)29(20)39-32(21)47-3/h4,7-8,12,14,16,18,23,25,30H,5-6,9-10,13,15H2,1-3H3,(H,43,44)/t16-,18-,23-,25-,30+/m1/s1. The Hall–Kier alpha value is -3.72. The highest BCUT2D eigenvalue weighted by Gasteiger charge is 2.56. The van der Waals surface area contributed by atoms with Crippen molar-refractivity contribution in [1.82, 2.24) is 19.4 Å². The van der Waals surface area contributed by atoms with Crippen LogP contribution in [0, 0.1) is 23.1 Å². The largest absolute Gasteiger partial charge is 0.465 e. The average molecular weight is 697 g/mol. The number of carbonyl (C=O) groups excluding carboxylic acids is 1. The number of aryl methyl sites for hydroxylation is 1. The Morgan fingerprint density at radius 1 is 1.23 bits per heavy atom. The first-order chi connectivity index (χ1) is 22.6. The van der Waals surface area contributed by atoms with E-state index in [0.717, 1.165) is 29.4 Å². The van der Waals surface area contributed by atoms with E-state index in [1.165, 1.54) is 23.8 Å². The summed E-state index contributed by atoms with van der Waals surface area (Å²) in [6, 6.07) is 10.3. The number of halogens is 3. The number of thioether (sulfide) groups is 1. The number of hydrogen-bond donors (Lipinski definition) is 1. The third kappa shape index (κ3) is 4.82. The first-order valence-corrected chi connectivity index (χ1v) is 17.5. The number of nitriles is 1. The monoisotopic (exact) mass is 695 g/mol. The number of ether oxygens (including phenoxy) is 1. The van der Waals surface area contributed by atoms with Gasteiger partial charge in [0.05, 0.1) is 46.9 Å². The van der Waals surface area contributed by atoms with Gasteiger partial charge in [0.25, 0.3) is 0 Å². The Morgan fingerprint density at radius 2 is 2.02 bits per heavy atom. The molecule has 4 aliphatic rings. The summed E-state index contributed by atoms with van der Waals surface area (Å²) in [5.74, 6) is -0.509. The molecule has 244 valence electrons. The molecule has 1 saturated carbocycles. The van der Waals surface area contributed by atoms with Gasteiger partial charge in [-0.15, -0.1) is 11.8 Å². The molecule has 0 spiro atoms. The van der Waals surface area contributed by atoms with Gasteiger partial charge in [-0.1, -0.05) is 35.3 Å². The molecule has 9 nitrogen and oxygen atoms in total. The number of carbonyl (C=O) groups is 2. The number of hydrogen-bond acceptors (Lipinski definition) is 6. The third-order valence-electron chi connectivity index (χ3n) is 10.2. The molecule has 13 heteroatoms. The molecule has 0 unspecified atom stereocenters. The van der Waals surface area contributed by atoms with Crippen molar-refractivity contribution in [3.05, 3.63) is 57.5 Å². The smallest absolute Gasteiger partial charge is 0.410 e. The summed E-state index contributed by atoms with van der Waals surface area (Å²) in [7, 11) is 1.37. The fraction of sp³-hybridized carbons (Fsp3) is 0.412. The number of likely N-dealkylation sites (tertiary alicyclic amines) is 1. The first-order valence-electron chi connectivity index (χ1n) is 15.5. The molecular weight excluding hydrogens is 664 g/mol. The Kier molecular flexibility index (Phi) is 8.18. The normalized spacial score (nSPS) is 23.4. The van der Waals surface area contributed by atoms with Crippen LogP contribution >= 0.6 is 35.0 Å². The van der Waals surface area contributed by atoms with Crippen molar-refractivity contribution < 1.29 is 23.8 Å². The molecule has 3 saturated heterocycles. The number of rotatable bonds is 6. The van der Waals surface area contributed by atoms with Crippen molar-refractivity contribution >= 4 is 69.0 Å². The van der Waals surface area contributed by atoms with Crippen LogP contribution in [-0.4, -0.2) is 68.6 Å². The number of fused-ring (bicyclic) bond motifs is 4. The minimum absolute atomic E-state index is 0.0595. The molecule has 3 aliphatic heterocycles. The summed E-state index contributed by atoms with van der Waals surface area (Å²) in [6.45, 7) is 2.40. The van der Waals surface area contributed by atoms with E-state index in [0.29, 0.717) is 34.5 Å². The predicted molar refractivity (Wildman–Crippen MR) is 180 cm³/mol. The number of nitrogens with zero attached hydrogens (tertiary/aromatic N) is 5. The van der Waals surface area contributed by atoms with E-state index in [1.54, 1.807) is 23.1 Å². The van der Waals surface area contributed by atoms with Crippen LogP contribution in [-0.2, 0) is 11.2 Å². The topological polar surface area (TPSA) is 112 Å². The van der Waals surface area contributed by atoms with E-state index < -0.39 is 18.0 Å². The van der Waals surface area contributed by atoms with E-state index in [2.05, 4.69) is 10.6 Å². The van der Waals surface area contributed by atoms with Crippen molar-refractivity contribution in [3.8, 4) is 17.2 Å². The van der Waals surface area contributed by atoms with Gasteiger partial charge < -0.3 is 19.3 Å². The Balaban J connectivity index is 1.57. The molecule has 5 atom stereocenters. The second kappa shape index (κ2) is 12.1. The summed E-state index contributed by atoms with van der Waals surface area (Å²) in [4.78, 5) is 33.5. The number of methoxy groups -OCH3 is 1. The molecule has 2 aromatic carbocycles. The molecule has 2 bridgehead atoms. The molecule has 0 radical (unpaired) electrons. The van der Waals surface area contributed by atoms with Gasteiger partial charge in [-0.25, -0.2) is 19.0 Å². The second-order valence-electron chi connectivity index (χ2n) is 12.5. The molecule has 5 heterocycles. The highest BCUT2D eigenvalue weighted by Crippen LogP contribution is 2.54. The maximum absolute atomic E-state index is 17.1. The van der Waals surface area contributed by atoms with Crippen LogP contribution in [0.25, 0.3) is 32.9 Å². The van der Waals surface area contributed by atoms with Crippen LogP contribution < -0.4 is 0 Å². The number of pyridine rings is 1. The van der Waals surface area contributed by atoms with Crippen LogP contribution in [0.2, 0.25) is 10.0 Å². The fourth-order valence-corrected chi connectivity index (χ4v) is 9.07. The van der Waals surface area contributed by atoms with Gasteiger partial charge >= 0.3 is 12.2 Å². The van der Waals surface area contributed by atoms with Crippen molar-refractivity contribution in [2.24, 2.45) is 5.92 Å². The van der Waals surface area contributed by atoms with Gasteiger partial charge in [-0.2, -0.15) is 5.26 Å². The molecule has 4 aromatic rings. The van der Waals surface area contributed by atoms with Gasteiger partial charge in [0.1, 0.15) is 10.5 Å². The zero-order valence-electron chi connectivity index (χ0n) is 26.0. The summed E-state index contributed by atoms with van der Waals surface area (Å²) in [5.41, 5.74) is 2.99. The predicted octanol–water partition coefficient (Wildman–Crippen LogP) is 8.70. The van der Waals surface area contributed by atoms with Gasteiger partial charge in [0.15, 0.2) is 5.82 Å². The van der Waals surface area contributed by atoms with Crippen LogP contribution in [0.4, 0.5) is 14.0 Å². The minimum atomic E-state index is -0.965. The summed E-state index contributed by atoms with van der Waals surface area (Å²) in [5, 5.41) is 22.0. The molecular formula is C34H32Cl2FN5O4S. The molecule has 2 aromatic heterocycles. The molecule has 1 N–H and O–H groups in total. The fourth-order valence-electron chi connectivity index (χ4n) is 8.12. The van der Waals surface area contributed by atoms with Crippen molar-refractivity contribution in [3.63, 3.8) is 0 Å². The lowest BCUT2D eigenvalue weighted by molar-refractivity contribution is 0.100. The van der Waals surface area contributed by atoms with Crippen molar-refractivity contribution in [2.45, 2.75) is 68.2 Å². The number of amides is 2. The van der Waals surface area contributed by atoms with E-state index >= 15 is 4.39 Å². The molecule has 1 aliphatic carbocycles. The van der Waals surface area contributed by atoms with Gasteiger partial charge in [-0.05, 0) is 62.6 Å². The molecule has 8 rings (SSSR count).